The molecule has 17 heteroatoms. The highest BCUT2D eigenvalue weighted by Gasteiger charge is 2.54. The van der Waals surface area contributed by atoms with Crippen LogP contribution in [0, 0.1) is 5.92 Å². The lowest BCUT2D eigenvalue weighted by atomic mass is 9.92. The zero-order valence-corrected chi connectivity index (χ0v) is 43.3. The summed E-state index contributed by atoms with van der Waals surface area (Å²) in [6.07, 6.45) is -9.95. The molecular weight excluding hydrogens is 859 g/mol. The van der Waals surface area contributed by atoms with Gasteiger partial charge in [-0.25, -0.2) is 9.69 Å². The minimum Gasteiger partial charge on any atom is -0.493 e. The predicted octanol–water partition coefficient (Wildman–Crippen LogP) is 7.69. The topological polar surface area (TPSA) is 159 Å². The molecule has 0 aliphatic carbocycles. The Kier molecular flexibility index (Phi) is 21.9. The number of hydrogen-bond donors (Lipinski definition) is 1. The van der Waals surface area contributed by atoms with Crippen molar-refractivity contribution in [3.8, 4) is 11.5 Å². The van der Waals surface area contributed by atoms with Crippen LogP contribution in [0.25, 0.3) is 0 Å². The third kappa shape index (κ3) is 15.3. The maximum Gasteiger partial charge on any atom is 0.418 e. The summed E-state index contributed by atoms with van der Waals surface area (Å²) < 4.78 is 66.7. The zero-order chi connectivity index (χ0) is 48.0. The van der Waals surface area contributed by atoms with Gasteiger partial charge < -0.3 is 56.9 Å². The van der Waals surface area contributed by atoms with E-state index in [1.54, 1.807) is 18.2 Å². The fraction of sp³-hybridized carbons (Fsp3) is 0.702. The molecule has 1 heterocycles. The van der Waals surface area contributed by atoms with Gasteiger partial charge in [-0.05, 0) is 54.4 Å². The van der Waals surface area contributed by atoms with Crippen molar-refractivity contribution in [2.45, 2.75) is 153 Å². The van der Waals surface area contributed by atoms with Gasteiger partial charge in [-0.2, -0.15) is 0 Å². The van der Waals surface area contributed by atoms with Crippen molar-refractivity contribution >= 4 is 28.4 Å². The molecule has 2 amide bonds. The minimum atomic E-state index is -2.51. The first-order chi connectivity index (χ1) is 30.1. The van der Waals surface area contributed by atoms with Crippen LogP contribution in [0.5, 0.6) is 11.5 Å². The van der Waals surface area contributed by atoms with Gasteiger partial charge in [-0.1, -0.05) is 83.7 Å². The molecule has 1 fully saturated rings. The summed E-state index contributed by atoms with van der Waals surface area (Å²) in [6.45, 7) is 21.5. The highest BCUT2D eigenvalue weighted by molar-refractivity contribution is 6.76. The van der Waals surface area contributed by atoms with Crippen molar-refractivity contribution < 1.29 is 66.5 Å². The summed E-state index contributed by atoms with van der Waals surface area (Å²) in [5.74, 6) is -0.226. The first-order valence-corrected chi connectivity index (χ1v) is 28.8. The molecule has 0 spiro atoms. The van der Waals surface area contributed by atoms with Crippen molar-refractivity contribution in [3.63, 3.8) is 0 Å². The number of methoxy groups -OCH3 is 6. The molecule has 364 valence electrons. The molecule has 1 saturated heterocycles. The van der Waals surface area contributed by atoms with Gasteiger partial charge in [0.1, 0.15) is 24.4 Å². The summed E-state index contributed by atoms with van der Waals surface area (Å²) >= 11 is 0. The summed E-state index contributed by atoms with van der Waals surface area (Å²) in [4.78, 5) is 30.9. The van der Waals surface area contributed by atoms with Gasteiger partial charge >= 0.3 is 6.09 Å². The molecule has 2 aromatic rings. The van der Waals surface area contributed by atoms with E-state index in [9.17, 15) is 9.90 Å². The smallest absolute Gasteiger partial charge is 0.418 e. The number of imide groups is 1. The van der Waals surface area contributed by atoms with Crippen LogP contribution in [0.3, 0.4) is 0 Å². The molecular formula is C47H79NO14Si2. The zero-order valence-electron chi connectivity index (χ0n) is 41.3. The van der Waals surface area contributed by atoms with Gasteiger partial charge in [-0.3, -0.25) is 4.79 Å². The van der Waals surface area contributed by atoms with E-state index < -0.39 is 77.3 Å². The van der Waals surface area contributed by atoms with Gasteiger partial charge in [0.05, 0.1) is 59.0 Å². The SMILES string of the molecule is COC[C@H]1O[C@@H](N(C(=O)OCC[Si](C)(C)C)C(=O)[C@@H](OCc2ccc(OC)c(OC)c2)[C@H](O)C[C@@H](O[Si](C)(C)C(C)(C)C)[C@@H](C)[C@@H](C)OCc2ccccc2)[C@H](OC)[C@@H](OC)[C@@H]1OC. The maximum atomic E-state index is 15.5. The second-order valence-electron chi connectivity index (χ2n) is 19.3. The van der Waals surface area contributed by atoms with Crippen LogP contribution in [-0.4, -0.2) is 149 Å². The lowest BCUT2D eigenvalue weighted by Gasteiger charge is -2.47. The first kappa shape index (κ1) is 55.4. The molecule has 15 nitrogen and oxygen atoms in total. The van der Waals surface area contributed by atoms with E-state index in [1.165, 1.54) is 42.7 Å². The van der Waals surface area contributed by atoms with Gasteiger partial charge in [0.15, 0.2) is 32.1 Å². The van der Waals surface area contributed by atoms with Crippen molar-refractivity contribution in [1.82, 2.24) is 4.90 Å². The van der Waals surface area contributed by atoms with Crippen LogP contribution < -0.4 is 9.47 Å². The van der Waals surface area contributed by atoms with E-state index in [2.05, 4.69) is 53.5 Å². The van der Waals surface area contributed by atoms with E-state index >= 15 is 4.79 Å². The molecule has 10 atom stereocenters. The third-order valence-electron chi connectivity index (χ3n) is 12.4. The second-order valence-corrected chi connectivity index (χ2v) is 29.6. The molecule has 0 bridgehead atoms. The monoisotopic (exact) mass is 938 g/mol. The van der Waals surface area contributed by atoms with Gasteiger partial charge in [0.25, 0.3) is 5.91 Å². The Hall–Kier alpha value is -2.95. The van der Waals surface area contributed by atoms with E-state index in [0.717, 1.165) is 10.5 Å². The first-order valence-electron chi connectivity index (χ1n) is 22.1. The highest BCUT2D eigenvalue weighted by Crippen LogP contribution is 2.40. The molecule has 0 aromatic heterocycles. The Balaban J connectivity index is 2.19. The summed E-state index contributed by atoms with van der Waals surface area (Å²) in [5.41, 5.74) is 1.64. The number of benzene rings is 2. The molecule has 1 N–H and O–H groups in total. The fourth-order valence-electron chi connectivity index (χ4n) is 7.22. The Morgan fingerprint density at radius 3 is 1.95 bits per heavy atom. The summed E-state index contributed by atoms with van der Waals surface area (Å²) in [7, 11) is 4.79. The van der Waals surface area contributed by atoms with E-state index in [-0.39, 0.29) is 43.3 Å². The molecule has 0 saturated carbocycles. The van der Waals surface area contributed by atoms with Crippen molar-refractivity contribution in [1.29, 1.82) is 0 Å². The summed E-state index contributed by atoms with van der Waals surface area (Å²) in [5, 5.41) is 12.4. The largest absolute Gasteiger partial charge is 0.493 e. The molecule has 3 rings (SSSR count). The van der Waals surface area contributed by atoms with Crippen molar-refractivity contribution in [2.75, 3.05) is 55.9 Å². The molecule has 1 aliphatic heterocycles. The Bertz CT molecular complexity index is 1710. The molecule has 0 radical (unpaired) electrons. The van der Waals surface area contributed by atoms with Gasteiger partial charge in [-0.15, -0.1) is 0 Å². The quantitative estimate of drug-likeness (QED) is 0.0966. The number of ether oxygens (including phenoxy) is 10. The lowest BCUT2D eigenvalue weighted by molar-refractivity contribution is -0.275. The van der Waals surface area contributed by atoms with Crippen LogP contribution in [0.15, 0.2) is 48.5 Å². The number of carbonyl (C=O) groups excluding carboxylic acids is 2. The Morgan fingerprint density at radius 1 is 0.797 bits per heavy atom. The average Bonchev–Trinajstić information content (AvgIpc) is 3.24. The van der Waals surface area contributed by atoms with Crippen molar-refractivity contribution in [3.05, 3.63) is 59.7 Å². The second kappa shape index (κ2) is 25.3. The maximum absolute atomic E-state index is 15.5. The van der Waals surface area contributed by atoms with Crippen LogP contribution in [0.1, 0.15) is 52.2 Å². The normalized spacial score (nSPS) is 21.9. The molecule has 0 unspecified atom stereocenters. The Labute approximate surface area is 384 Å². The number of hydrogen-bond acceptors (Lipinski definition) is 14. The third-order valence-corrected chi connectivity index (χ3v) is 18.6. The molecule has 64 heavy (non-hydrogen) atoms. The lowest BCUT2D eigenvalue weighted by Crippen LogP contribution is -2.67. The number of amides is 2. The standard InChI is InChI=1S/C47H79NO14Si2/c1-31(32(2)59-28-33-20-18-17-19-21-33)37(62-64(15,16)47(3,4)5)27-35(49)40(60-29-34-22-23-36(53-7)38(26-34)54-8)44(50)48(46(51)58-24-25-63(12,13)14)45-43(57-11)42(56-10)41(55-9)39(61-45)30-52-6/h17-23,26,31-32,35,37,39-43,45,49H,24-25,27-30H2,1-16H3/t31-,32+,35+,37+,39+,40-,41+,42-,43+,45+/m0/s1. The number of carbonyl (C=O) groups is 2. The van der Waals surface area contributed by atoms with Gasteiger partial charge in [0.2, 0.25) is 0 Å². The van der Waals surface area contributed by atoms with Crippen LogP contribution in [-0.2, 0) is 60.3 Å². The average molecular weight is 938 g/mol. The van der Waals surface area contributed by atoms with Crippen molar-refractivity contribution in [2.24, 2.45) is 5.92 Å². The summed E-state index contributed by atoms with van der Waals surface area (Å²) in [6, 6.07) is 15.7. The Morgan fingerprint density at radius 2 is 1.41 bits per heavy atom. The number of aliphatic hydroxyl groups is 1. The van der Waals surface area contributed by atoms with E-state index in [4.69, 9.17) is 51.8 Å². The van der Waals surface area contributed by atoms with E-state index in [0.29, 0.717) is 29.7 Å². The van der Waals surface area contributed by atoms with E-state index in [1.807, 2.05) is 44.2 Å². The molecule has 2 aromatic carbocycles. The number of rotatable bonds is 25. The van der Waals surface area contributed by atoms with Crippen LogP contribution in [0.2, 0.25) is 43.8 Å². The predicted molar refractivity (Wildman–Crippen MR) is 250 cm³/mol. The number of nitrogens with zero attached hydrogens (tertiary/aromatic N) is 1. The highest BCUT2D eigenvalue weighted by atomic mass is 28.4. The van der Waals surface area contributed by atoms with Crippen LogP contribution in [0.4, 0.5) is 4.79 Å². The van der Waals surface area contributed by atoms with Crippen LogP contribution >= 0.6 is 0 Å². The molecule has 1 aliphatic rings. The number of aliphatic hydroxyl groups excluding tert-OH is 1. The minimum absolute atomic E-state index is 0.0365. The van der Waals surface area contributed by atoms with Gasteiger partial charge in [0, 0.05) is 48.9 Å². The fourth-order valence-corrected chi connectivity index (χ4v) is 9.36.